The third-order valence-corrected chi connectivity index (χ3v) is 3.86. The number of carbonyl (C=O) groups excluding carboxylic acids is 3. The Labute approximate surface area is 180 Å². The molecule has 9 nitrogen and oxygen atoms in total. The van der Waals surface area contributed by atoms with Crippen molar-refractivity contribution in [3.05, 3.63) is 29.8 Å². The van der Waals surface area contributed by atoms with E-state index in [0.717, 1.165) is 12.1 Å². The third-order valence-electron chi connectivity index (χ3n) is 3.15. The first kappa shape index (κ1) is 24.9. The molecule has 0 spiro atoms. The minimum Gasteiger partial charge on any atom is -0.378 e. The van der Waals surface area contributed by atoms with Gasteiger partial charge in [0.1, 0.15) is 19.8 Å². The first-order valence-corrected chi connectivity index (χ1v) is 10.2. The zero-order valence-corrected chi connectivity index (χ0v) is 18.7. The highest BCUT2D eigenvalue weighted by Crippen LogP contribution is 2.09. The summed E-state index contributed by atoms with van der Waals surface area (Å²) in [6.45, 7) is 2.17. The Kier molecular flexibility index (Phi) is 14.0. The smallest absolute Gasteiger partial charge is 0.250 e. The van der Waals surface area contributed by atoms with Crippen molar-refractivity contribution in [3.8, 4) is 0 Å². The summed E-state index contributed by atoms with van der Waals surface area (Å²) in [5.41, 5.74) is 1.26. The minimum atomic E-state index is -0.348. The number of benzene rings is 1. The molecule has 0 saturated carbocycles. The summed E-state index contributed by atoms with van der Waals surface area (Å²) in [6, 6.07) is 7.02. The number of rotatable bonds is 15. The molecule has 0 aliphatic heterocycles. The first-order chi connectivity index (χ1) is 13.5. The van der Waals surface area contributed by atoms with Crippen LogP contribution in [0.1, 0.15) is 5.56 Å². The first-order valence-electron chi connectivity index (χ1n) is 8.51. The topological polar surface area (TPSA) is 115 Å². The average Bonchev–Trinajstić information content (AvgIpc) is 2.66. The number of amides is 2. The third kappa shape index (κ3) is 13.1. The van der Waals surface area contributed by atoms with Gasteiger partial charge in [-0.25, -0.2) is 0 Å². The summed E-state index contributed by atoms with van der Waals surface area (Å²) in [6.07, 6.45) is 0. The lowest BCUT2D eigenvalue weighted by atomic mass is 10.2. The average molecular weight is 525 g/mol. The fraction of sp³-hybridized carbons (Fsp3) is 0.471. The maximum atomic E-state index is 11.7. The standard InChI is InChI=1S/C17H25IN3O6P/c18-20-5-6-25-7-8-26-10-15(22)19-9-13-1-3-14(4-2-13)21-16(23)11-27-12-17(24)28/h1-4,20H,5-12,28H2,(H,19,22)(H,21,23). The molecule has 0 saturated heterocycles. The van der Waals surface area contributed by atoms with Gasteiger partial charge in [0.2, 0.25) is 11.8 Å². The number of nitrogens with one attached hydrogen (secondary N) is 3. The van der Waals surface area contributed by atoms with E-state index < -0.39 is 0 Å². The number of carbonyl (C=O) groups is 3. The Morgan fingerprint density at radius 2 is 1.57 bits per heavy atom. The number of hydrogen-bond donors (Lipinski definition) is 3. The minimum absolute atomic E-state index is 0.0270. The van der Waals surface area contributed by atoms with Gasteiger partial charge < -0.3 is 24.8 Å². The Morgan fingerprint density at radius 1 is 0.893 bits per heavy atom. The quantitative estimate of drug-likeness (QED) is 0.133. The zero-order chi connectivity index (χ0) is 20.6. The molecule has 0 heterocycles. The molecule has 28 heavy (non-hydrogen) atoms. The molecule has 0 bridgehead atoms. The Hall–Kier alpha value is -1.17. The lowest BCUT2D eigenvalue weighted by molar-refractivity contribution is -0.126. The molecule has 0 aromatic heterocycles. The molecule has 1 unspecified atom stereocenters. The van der Waals surface area contributed by atoms with Crippen LogP contribution in [0.2, 0.25) is 0 Å². The van der Waals surface area contributed by atoms with Gasteiger partial charge in [0.25, 0.3) is 0 Å². The largest absolute Gasteiger partial charge is 0.378 e. The van der Waals surface area contributed by atoms with Crippen molar-refractivity contribution in [2.45, 2.75) is 6.54 Å². The predicted octanol–water partition coefficient (Wildman–Crippen LogP) is 0.632. The highest BCUT2D eigenvalue weighted by molar-refractivity contribution is 14.1. The van der Waals surface area contributed by atoms with Crippen LogP contribution < -0.4 is 14.2 Å². The van der Waals surface area contributed by atoms with E-state index in [1.807, 2.05) is 32.1 Å². The van der Waals surface area contributed by atoms with E-state index in [2.05, 4.69) is 14.2 Å². The summed E-state index contributed by atoms with van der Waals surface area (Å²) < 4.78 is 18.4. The van der Waals surface area contributed by atoms with Crippen LogP contribution in [0.4, 0.5) is 5.69 Å². The molecule has 3 N–H and O–H groups in total. The molecule has 11 heteroatoms. The summed E-state index contributed by atoms with van der Waals surface area (Å²) in [4.78, 5) is 34.1. The van der Waals surface area contributed by atoms with Gasteiger partial charge in [0.15, 0.2) is 5.52 Å². The van der Waals surface area contributed by atoms with Gasteiger partial charge >= 0.3 is 0 Å². The second-order valence-electron chi connectivity index (χ2n) is 5.53. The summed E-state index contributed by atoms with van der Waals surface area (Å²) in [5, 5.41) is 5.41. The molecule has 0 aliphatic rings. The Balaban J connectivity index is 2.17. The molecule has 156 valence electrons. The van der Waals surface area contributed by atoms with Crippen LogP contribution in [0.3, 0.4) is 0 Å². The van der Waals surface area contributed by atoms with Gasteiger partial charge in [-0.2, -0.15) is 0 Å². The van der Waals surface area contributed by atoms with Crippen LogP contribution >= 0.6 is 32.1 Å². The molecular weight excluding hydrogens is 500 g/mol. The molecule has 1 aromatic rings. The second-order valence-corrected chi connectivity index (χ2v) is 6.94. The van der Waals surface area contributed by atoms with Crippen molar-refractivity contribution in [1.29, 1.82) is 0 Å². The van der Waals surface area contributed by atoms with Crippen molar-refractivity contribution in [1.82, 2.24) is 8.85 Å². The lowest BCUT2D eigenvalue weighted by Crippen LogP contribution is -2.27. The predicted molar refractivity (Wildman–Crippen MR) is 116 cm³/mol. The highest BCUT2D eigenvalue weighted by Gasteiger charge is 2.05. The van der Waals surface area contributed by atoms with E-state index in [9.17, 15) is 14.4 Å². The van der Waals surface area contributed by atoms with Crippen LogP contribution in [0.25, 0.3) is 0 Å². The van der Waals surface area contributed by atoms with Gasteiger partial charge in [-0.15, -0.1) is 0 Å². The lowest BCUT2D eigenvalue weighted by Gasteiger charge is -2.09. The van der Waals surface area contributed by atoms with Crippen molar-refractivity contribution >= 4 is 55.1 Å². The van der Waals surface area contributed by atoms with Gasteiger partial charge in [-0.05, 0) is 17.7 Å². The van der Waals surface area contributed by atoms with Crippen LogP contribution in [0.5, 0.6) is 0 Å². The van der Waals surface area contributed by atoms with E-state index in [-0.39, 0.29) is 37.2 Å². The van der Waals surface area contributed by atoms with Gasteiger partial charge in [0, 0.05) is 41.6 Å². The molecule has 2 amide bonds. The molecule has 1 aromatic carbocycles. The molecule has 0 radical (unpaired) electrons. The SMILES string of the molecule is O=C(P)COCC(=O)Nc1ccc(CNC(=O)COCCOCCNI)cc1. The van der Waals surface area contributed by atoms with E-state index in [1.54, 1.807) is 24.3 Å². The maximum Gasteiger partial charge on any atom is 0.250 e. The number of halogens is 1. The van der Waals surface area contributed by atoms with E-state index in [1.165, 1.54) is 0 Å². The zero-order valence-electron chi connectivity index (χ0n) is 15.4. The van der Waals surface area contributed by atoms with Gasteiger partial charge in [-0.3, -0.25) is 17.9 Å². The highest BCUT2D eigenvalue weighted by atomic mass is 127. The van der Waals surface area contributed by atoms with Crippen LogP contribution in [-0.2, 0) is 35.1 Å². The Morgan fingerprint density at radius 3 is 2.25 bits per heavy atom. The van der Waals surface area contributed by atoms with E-state index in [0.29, 0.717) is 32.1 Å². The van der Waals surface area contributed by atoms with Crippen LogP contribution in [0.15, 0.2) is 24.3 Å². The number of anilines is 1. The maximum absolute atomic E-state index is 11.7. The molecule has 0 fully saturated rings. The monoisotopic (exact) mass is 525 g/mol. The number of ether oxygens (including phenoxy) is 3. The second kappa shape index (κ2) is 15.7. The van der Waals surface area contributed by atoms with Crippen molar-refractivity contribution in [3.63, 3.8) is 0 Å². The normalized spacial score (nSPS) is 10.5. The fourth-order valence-electron chi connectivity index (χ4n) is 1.89. The summed E-state index contributed by atoms with van der Waals surface area (Å²) in [5.74, 6) is -0.564. The molecule has 1 rings (SSSR count). The molecule has 1 atom stereocenters. The van der Waals surface area contributed by atoms with E-state index >= 15 is 0 Å². The summed E-state index contributed by atoms with van der Waals surface area (Å²) >= 11 is 2.04. The van der Waals surface area contributed by atoms with Crippen LogP contribution in [0, 0.1) is 0 Å². The van der Waals surface area contributed by atoms with Gasteiger partial charge in [0.05, 0.1) is 19.8 Å². The molecule has 0 aliphatic carbocycles. The summed E-state index contributed by atoms with van der Waals surface area (Å²) in [7, 11) is 1.98. The molecular formula is C17H25IN3O6P. The number of hydrogen-bond acceptors (Lipinski definition) is 7. The van der Waals surface area contributed by atoms with Crippen molar-refractivity contribution in [2.75, 3.05) is 51.5 Å². The van der Waals surface area contributed by atoms with Gasteiger partial charge in [-0.1, -0.05) is 21.4 Å². The van der Waals surface area contributed by atoms with Crippen molar-refractivity contribution < 1.29 is 28.6 Å². The van der Waals surface area contributed by atoms with Crippen molar-refractivity contribution in [2.24, 2.45) is 0 Å². The Bertz CT molecular complexity index is 617. The van der Waals surface area contributed by atoms with Crippen LogP contribution in [-0.4, -0.2) is 63.5 Å². The van der Waals surface area contributed by atoms with E-state index in [4.69, 9.17) is 14.2 Å². The fourth-order valence-corrected chi connectivity index (χ4v) is 2.23.